The van der Waals surface area contributed by atoms with E-state index in [0.29, 0.717) is 0 Å². The second-order valence-electron chi connectivity index (χ2n) is 12.6. The van der Waals surface area contributed by atoms with Gasteiger partial charge in [-0.1, -0.05) is 102 Å². The molecule has 0 amide bonds. The van der Waals surface area contributed by atoms with Crippen molar-refractivity contribution in [2.24, 2.45) is 10.8 Å². The van der Waals surface area contributed by atoms with Crippen molar-refractivity contribution in [3.63, 3.8) is 0 Å². The van der Waals surface area contributed by atoms with E-state index in [4.69, 9.17) is 0 Å². The Morgan fingerprint density at radius 2 is 1.31 bits per heavy atom. The standard InChI is InChI=1S/C30H39N4O/c1-29(2,3)20-31-18-24(22-13-9-7-10-14-22)33-26(31)17-27-32(21-30(4,5)6)19-25(34(27)28(33)35)23-15-11-8-12-16-23/h7-17,24-25H,18-21H2,1-6H3/q+1. The molecule has 3 aromatic rings. The molecule has 5 rings (SSSR count). The zero-order valence-electron chi connectivity index (χ0n) is 22.0. The van der Waals surface area contributed by atoms with Gasteiger partial charge in [0.15, 0.2) is 5.82 Å². The van der Waals surface area contributed by atoms with E-state index in [1.807, 2.05) is 12.1 Å². The summed E-state index contributed by atoms with van der Waals surface area (Å²) in [6, 6.07) is 23.3. The summed E-state index contributed by atoms with van der Waals surface area (Å²) in [5.74, 6) is 2.08. The fraction of sp³-hybridized carbons (Fsp3) is 0.467. The maximum Gasteiger partial charge on any atom is 0.446 e. The normalized spacial score (nSPS) is 19.7. The van der Waals surface area contributed by atoms with Crippen LogP contribution in [-0.2, 0) is 0 Å². The highest BCUT2D eigenvalue weighted by Gasteiger charge is 2.45. The molecule has 0 spiro atoms. The van der Waals surface area contributed by atoms with E-state index >= 15 is 0 Å². The van der Waals surface area contributed by atoms with Gasteiger partial charge in [-0.3, -0.25) is 4.90 Å². The lowest BCUT2D eigenvalue weighted by molar-refractivity contribution is -0.706. The number of fused-ring (bicyclic) bond motifs is 2. The lowest BCUT2D eigenvalue weighted by Gasteiger charge is -2.27. The van der Waals surface area contributed by atoms with Crippen molar-refractivity contribution in [2.45, 2.75) is 53.6 Å². The van der Waals surface area contributed by atoms with Gasteiger partial charge in [-0.2, -0.15) is 4.57 Å². The van der Waals surface area contributed by atoms with E-state index in [1.165, 1.54) is 11.1 Å². The van der Waals surface area contributed by atoms with Crippen LogP contribution in [-0.4, -0.2) is 30.7 Å². The highest BCUT2D eigenvalue weighted by Crippen LogP contribution is 2.37. The van der Waals surface area contributed by atoms with Crippen LogP contribution >= 0.6 is 0 Å². The summed E-state index contributed by atoms with van der Waals surface area (Å²) in [6.45, 7) is 17.0. The summed E-state index contributed by atoms with van der Waals surface area (Å²) < 4.78 is 4.11. The van der Waals surface area contributed by atoms with Gasteiger partial charge in [0.05, 0.1) is 19.2 Å². The van der Waals surface area contributed by atoms with Crippen LogP contribution < -0.4 is 20.1 Å². The van der Waals surface area contributed by atoms with Gasteiger partial charge in [-0.25, -0.2) is 9.36 Å². The van der Waals surface area contributed by atoms with Crippen LogP contribution in [0.3, 0.4) is 0 Å². The van der Waals surface area contributed by atoms with Crippen molar-refractivity contribution in [2.75, 3.05) is 36.0 Å². The summed E-state index contributed by atoms with van der Waals surface area (Å²) >= 11 is 0. The third kappa shape index (κ3) is 4.61. The molecule has 5 nitrogen and oxygen atoms in total. The molecule has 5 heteroatoms. The maximum atomic E-state index is 14.4. The average molecular weight is 472 g/mol. The highest BCUT2D eigenvalue weighted by atomic mass is 16.2. The van der Waals surface area contributed by atoms with E-state index in [9.17, 15) is 4.79 Å². The molecule has 2 aliphatic rings. The predicted octanol–water partition coefficient (Wildman–Crippen LogP) is 5.05. The van der Waals surface area contributed by atoms with Crippen LogP contribution in [0.15, 0.2) is 71.5 Å². The van der Waals surface area contributed by atoms with Crippen molar-refractivity contribution in [3.8, 4) is 0 Å². The van der Waals surface area contributed by atoms with Crippen molar-refractivity contribution >= 4 is 11.6 Å². The van der Waals surface area contributed by atoms with Gasteiger partial charge in [-0.05, 0) is 22.0 Å². The summed E-state index contributed by atoms with van der Waals surface area (Å²) in [4.78, 5) is 19.3. The van der Waals surface area contributed by atoms with Gasteiger partial charge in [0.25, 0.3) is 0 Å². The summed E-state index contributed by atoms with van der Waals surface area (Å²) in [5, 5.41) is 0. The molecule has 3 heterocycles. The quantitative estimate of drug-likeness (QED) is 0.500. The maximum absolute atomic E-state index is 14.4. The number of rotatable bonds is 4. The Kier molecular flexibility index (Phi) is 5.77. The Morgan fingerprint density at radius 3 is 1.89 bits per heavy atom. The number of nitrogens with zero attached hydrogens (tertiary/aromatic N) is 4. The smallest absolute Gasteiger partial charge is 0.341 e. The number of benzene rings is 2. The minimum absolute atomic E-state index is 0.00643. The van der Waals surface area contributed by atoms with E-state index in [0.717, 1.165) is 37.8 Å². The molecular formula is C30H39N4O+. The minimum atomic E-state index is 0.00643. The van der Waals surface area contributed by atoms with E-state index in [2.05, 4.69) is 115 Å². The Hall–Kier alpha value is -3.08. The second-order valence-corrected chi connectivity index (χ2v) is 12.6. The van der Waals surface area contributed by atoms with E-state index < -0.39 is 0 Å². The summed E-state index contributed by atoms with van der Waals surface area (Å²) in [6.07, 6.45) is 0. The SMILES string of the molecule is CC(C)(C)CN1CC(c2ccccc2)n2c1cc1[n+](c2=O)C(c2ccccc2)CN1CC(C)(C)C. The highest BCUT2D eigenvalue weighted by molar-refractivity contribution is 5.54. The molecule has 2 aliphatic heterocycles. The topological polar surface area (TPSA) is 32.4 Å². The molecule has 0 N–H and O–H groups in total. The van der Waals surface area contributed by atoms with E-state index in [1.54, 1.807) is 0 Å². The van der Waals surface area contributed by atoms with Gasteiger partial charge in [0, 0.05) is 6.54 Å². The Morgan fingerprint density at radius 1 is 0.771 bits per heavy atom. The third-order valence-electron chi connectivity index (χ3n) is 6.92. The first-order chi connectivity index (χ1) is 16.5. The number of hydrogen-bond donors (Lipinski definition) is 0. The Labute approximate surface area is 209 Å². The van der Waals surface area contributed by atoms with E-state index in [-0.39, 0.29) is 28.6 Å². The summed E-state index contributed by atoms with van der Waals surface area (Å²) in [5.41, 5.74) is 2.71. The fourth-order valence-corrected chi connectivity index (χ4v) is 5.70. The van der Waals surface area contributed by atoms with Crippen LogP contribution in [0.5, 0.6) is 0 Å². The molecule has 35 heavy (non-hydrogen) atoms. The molecule has 0 fully saturated rings. The van der Waals surface area contributed by atoms with Crippen LogP contribution in [0.4, 0.5) is 11.6 Å². The first-order valence-electron chi connectivity index (χ1n) is 12.8. The van der Waals surface area contributed by atoms with Gasteiger partial charge >= 0.3 is 5.69 Å². The number of anilines is 2. The largest absolute Gasteiger partial charge is 0.446 e. The van der Waals surface area contributed by atoms with Crippen LogP contribution in [0, 0.1) is 10.8 Å². The van der Waals surface area contributed by atoms with Gasteiger partial charge in [0.2, 0.25) is 5.82 Å². The fourth-order valence-electron chi connectivity index (χ4n) is 5.70. The third-order valence-corrected chi connectivity index (χ3v) is 6.92. The Bertz CT molecular complexity index is 1160. The lowest BCUT2D eigenvalue weighted by atomic mass is 9.95. The van der Waals surface area contributed by atoms with Crippen LogP contribution in [0.25, 0.3) is 0 Å². The zero-order chi connectivity index (χ0) is 25.0. The van der Waals surface area contributed by atoms with Crippen molar-refractivity contribution < 1.29 is 4.57 Å². The van der Waals surface area contributed by atoms with Crippen molar-refractivity contribution in [3.05, 3.63) is 88.3 Å². The zero-order valence-corrected chi connectivity index (χ0v) is 22.0. The van der Waals surface area contributed by atoms with Crippen molar-refractivity contribution in [1.82, 2.24) is 4.57 Å². The monoisotopic (exact) mass is 471 g/mol. The first kappa shape index (κ1) is 23.7. The molecule has 0 bridgehead atoms. The average Bonchev–Trinajstić information content (AvgIpc) is 3.32. The summed E-state index contributed by atoms with van der Waals surface area (Å²) in [7, 11) is 0. The first-order valence-corrected chi connectivity index (χ1v) is 12.8. The predicted molar refractivity (Wildman–Crippen MR) is 143 cm³/mol. The Balaban J connectivity index is 1.71. The molecule has 2 unspecified atom stereocenters. The van der Waals surface area contributed by atoms with Crippen LogP contribution in [0.1, 0.15) is 64.8 Å². The van der Waals surface area contributed by atoms with Gasteiger partial charge < -0.3 is 4.90 Å². The molecule has 0 aliphatic carbocycles. The van der Waals surface area contributed by atoms with Gasteiger partial charge in [0.1, 0.15) is 18.6 Å². The molecule has 0 radical (unpaired) electrons. The second kappa shape index (κ2) is 8.54. The van der Waals surface area contributed by atoms with Crippen molar-refractivity contribution in [1.29, 1.82) is 0 Å². The van der Waals surface area contributed by atoms with Gasteiger partial charge in [-0.15, -0.1) is 0 Å². The number of hydrogen-bond acceptors (Lipinski definition) is 3. The molecule has 2 atom stereocenters. The molecule has 184 valence electrons. The molecule has 1 aromatic heterocycles. The van der Waals surface area contributed by atoms with Crippen LogP contribution in [0.2, 0.25) is 0 Å². The number of aromatic nitrogens is 2. The lowest BCUT2D eigenvalue weighted by Crippen LogP contribution is -2.56. The molecule has 2 aromatic carbocycles. The molecule has 0 saturated carbocycles. The molecule has 0 saturated heterocycles. The minimum Gasteiger partial charge on any atom is -0.341 e. The molecular weight excluding hydrogens is 432 g/mol.